The standard InChI is InChI=1S/C15H27N3O2/c1-3-16(4-2)8-7-14(19)17-9-11-18(12-10-17)15(20)13-5-6-13/h13H,3-12H2,1-2H3. The lowest BCUT2D eigenvalue weighted by Gasteiger charge is -2.35. The van der Waals surface area contributed by atoms with Crippen molar-refractivity contribution in [2.24, 2.45) is 5.92 Å². The predicted octanol–water partition coefficient (Wildman–Crippen LogP) is 0.799. The van der Waals surface area contributed by atoms with Crippen LogP contribution in [0.5, 0.6) is 0 Å². The van der Waals surface area contributed by atoms with Crippen molar-refractivity contribution in [2.45, 2.75) is 33.1 Å². The van der Waals surface area contributed by atoms with Crippen LogP contribution in [0.4, 0.5) is 0 Å². The van der Waals surface area contributed by atoms with E-state index in [-0.39, 0.29) is 5.91 Å². The van der Waals surface area contributed by atoms with E-state index in [0.29, 0.717) is 44.4 Å². The molecule has 2 rings (SSSR count). The third-order valence-electron chi connectivity index (χ3n) is 4.41. The first-order valence-electron chi connectivity index (χ1n) is 7.94. The second kappa shape index (κ2) is 7.07. The summed E-state index contributed by atoms with van der Waals surface area (Å²) in [6.45, 7) is 9.91. The quantitative estimate of drug-likeness (QED) is 0.723. The van der Waals surface area contributed by atoms with Gasteiger partial charge in [-0.05, 0) is 25.9 Å². The highest BCUT2D eigenvalue weighted by molar-refractivity contribution is 5.81. The van der Waals surface area contributed by atoms with E-state index < -0.39 is 0 Å². The monoisotopic (exact) mass is 281 g/mol. The summed E-state index contributed by atoms with van der Waals surface area (Å²) >= 11 is 0. The van der Waals surface area contributed by atoms with E-state index >= 15 is 0 Å². The van der Waals surface area contributed by atoms with Gasteiger partial charge in [0.15, 0.2) is 0 Å². The first-order valence-corrected chi connectivity index (χ1v) is 7.94. The zero-order chi connectivity index (χ0) is 14.5. The average Bonchev–Trinajstić information content (AvgIpc) is 3.32. The Labute approximate surface area is 121 Å². The number of hydrogen-bond acceptors (Lipinski definition) is 3. The Hall–Kier alpha value is -1.10. The molecule has 114 valence electrons. The summed E-state index contributed by atoms with van der Waals surface area (Å²) < 4.78 is 0. The molecular formula is C15H27N3O2. The highest BCUT2D eigenvalue weighted by Crippen LogP contribution is 2.31. The molecule has 2 fully saturated rings. The van der Waals surface area contributed by atoms with E-state index in [1.54, 1.807) is 0 Å². The third-order valence-corrected chi connectivity index (χ3v) is 4.41. The zero-order valence-corrected chi connectivity index (χ0v) is 12.8. The van der Waals surface area contributed by atoms with Crippen LogP contribution in [0, 0.1) is 5.92 Å². The molecule has 20 heavy (non-hydrogen) atoms. The highest BCUT2D eigenvalue weighted by atomic mass is 16.2. The van der Waals surface area contributed by atoms with Crippen LogP contribution in [0.1, 0.15) is 33.1 Å². The van der Waals surface area contributed by atoms with Crippen LogP contribution < -0.4 is 0 Å². The molecule has 1 saturated carbocycles. The average molecular weight is 281 g/mol. The molecule has 0 aromatic heterocycles. The molecule has 0 unspecified atom stereocenters. The Bertz CT molecular complexity index is 343. The van der Waals surface area contributed by atoms with Crippen molar-refractivity contribution < 1.29 is 9.59 Å². The Kier molecular flexibility index (Phi) is 5.40. The van der Waals surface area contributed by atoms with Gasteiger partial charge < -0.3 is 14.7 Å². The molecule has 0 radical (unpaired) electrons. The van der Waals surface area contributed by atoms with Gasteiger partial charge in [0.25, 0.3) is 0 Å². The van der Waals surface area contributed by atoms with Crippen molar-refractivity contribution in [3.05, 3.63) is 0 Å². The van der Waals surface area contributed by atoms with Crippen LogP contribution >= 0.6 is 0 Å². The van der Waals surface area contributed by atoms with Crippen LogP contribution in [-0.4, -0.2) is 72.3 Å². The lowest BCUT2D eigenvalue weighted by atomic mass is 10.2. The Morgan fingerprint density at radius 2 is 1.55 bits per heavy atom. The topological polar surface area (TPSA) is 43.9 Å². The highest BCUT2D eigenvalue weighted by Gasteiger charge is 2.35. The maximum atomic E-state index is 12.2. The van der Waals surface area contributed by atoms with Gasteiger partial charge in [0.05, 0.1) is 0 Å². The number of amides is 2. The molecule has 0 aromatic rings. The fraction of sp³-hybridized carbons (Fsp3) is 0.867. The van der Waals surface area contributed by atoms with E-state index in [1.165, 1.54) is 0 Å². The minimum Gasteiger partial charge on any atom is -0.339 e. The van der Waals surface area contributed by atoms with Crippen LogP contribution in [0.25, 0.3) is 0 Å². The molecule has 0 spiro atoms. The number of carbonyl (C=O) groups is 2. The minimum absolute atomic E-state index is 0.232. The van der Waals surface area contributed by atoms with E-state index in [1.807, 2.05) is 9.80 Å². The van der Waals surface area contributed by atoms with Crippen molar-refractivity contribution >= 4 is 11.8 Å². The molecule has 1 heterocycles. The summed E-state index contributed by atoms with van der Waals surface area (Å²) in [5.41, 5.74) is 0. The molecule has 0 bridgehead atoms. The zero-order valence-electron chi connectivity index (χ0n) is 12.8. The van der Waals surface area contributed by atoms with Gasteiger partial charge >= 0.3 is 0 Å². The predicted molar refractivity (Wildman–Crippen MR) is 78.3 cm³/mol. The minimum atomic E-state index is 0.232. The van der Waals surface area contributed by atoms with E-state index in [9.17, 15) is 9.59 Å². The van der Waals surface area contributed by atoms with E-state index in [2.05, 4.69) is 18.7 Å². The first-order chi connectivity index (χ1) is 9.65. The molecule has 0 N–H and O–H groups in total. The number of carbonyl (C=O) groups excluding carboxylic acids is 2. The molecule has 5 heteroatoms. The van der Waals surface area contributed by atoms with Crippen molar-refractivity contribution in [1.82, 2.24) is 14.7 Å². The number of piperazine rings is 1. The van der Waals surface area contributed by atoms with Crippen LogP contribution in [-0.2, 0) is 9.59 Å². The number of rotatable bonds is 6. The van der Waals surface area contributed by atoms with Crippen LogP contribution in [0.3, 0.4) is 0 Å². The summed E-state index contributed by atoms with van der Waals surface area (Å²) in [7, 11) is 0. The SMILES string of the molecule is CCN(CC)CCC(=O)N1CCN(C(=O)C2CC2)CC1. The van der Waals surface area contributed by atoms with Gasteiger partial charge in [0, 0.05) is 45.1 Å². The smallest absolute Gasteiger partial charge is 0.225 e. The van der Waals surface area contributed by atoms with Gasteiger partial charge in [-0.1, -0.05) is 13.8 Å². The van der Waals surface area contributed by atoms with Gasteiger partial charge in [-0.15, -0.1) is 0 Å². The molecular weight excluding hydrogens is 254 g/mol. The Morgan fingerprint density at radius 1 is 1.00 bits per heavy atom. The molecule has 5 nitrogen and oxygen atoms in total. The molecule has 0 atom stereocenters. The van der Waals surface area contributed by atoms with Crippen LogP contribution in [0.2, 0.25) is 0 Å². The largest absolute Gasteiger partial charge is 0.339 e. The summed E-state index contributed by atoms with van der Waals surface area (Å²) in [6, 6.07) is 0. The molecule has 0 aromatic carbocycles. The Balaban J connectivity index is 1.69. The van der Waals surface area contributed by atoms with Gasteiger partial charge in [-0.3, -0.25) is 9.59 Å². The second-order valence-electron chi connectivity index (χ2n) is 5.76. The molecule has 2 aliphatic rings. The van der Waals surface area contributed by atoms with Crippen molar-refractivity contribution in [3.8, 4) is 0 Å². The van der Waals surface area contributed by atoms with Gasteiger partial charge in [0.2, 0.25) is 11.8 Å². The maximum Gasteiger partial charge on any atom is 0.225 e. The summed E-state index contributed by atoms with van der Waals surface area (Å²) in [5.74, 6) is 0.829. The second-order valence-corrected chi connectivity index (χ2v) is 5.76. The van der Waals surface area contributed by atoms with Crippen molar-refractivity contribution in [3.63, 3.8) is 0 Å². The summed E-state index contributed by atoms with van der Waals surface area (Å²) in [4.78, 5) is 30.2. The lowest BCUT2D eigenvalue weighted by molar-refractivity contribution is -0.140. The van der Waals surface area contributed by atoms with E-state index in [4.69, 9.17) is 0 Å². The van der Waals surface area contributed by atoms with Crippen LogP contribution in [0.15, 0.2) is 0 Å². The van der Waals surface area contributed by atoms with Gasteiger partial charge in [-0.25, -0.2) is 0 Å². The fourth-order valence-corrected chi connectivity index (χ4v) is 2.72. The fourth-order valence-electron chi connectivity index (χ4n) is 2.72. The van der Waals surface area contributed by atoms with Crippen molar-refractivity contribution in [1.29, 1.82) is 0 Å². The lowest BCUT2D eigenvalue weighted by Crippen LogP contribution is -2.51. The number of nitrogens with zero attached hydrogens (tertiary/aromatic N) is 3. The third kappa shape index (κ3) is 3.95. The number of hydrogen-bond donors (Lipinski definition) is 0. The normalized spacial score (nSPS) is 19.6. The molecule has 2 amide bonds. The summed E-state index contributed by atoms with van der Waals surface area (Å²) in [6.07, 6.45) is 2.71. The van der Waals surface area contributed by atoms with E-state index in [0.717, 1.165) is 32.5 Å². The maximum absolute atomic E-state index is 12.2. The summed E-state index contributed by atoms with van der Waals surface area (Å²) in [5, 5.41) is 0. The Morgan fingerprint density at radius 3 is 2.05 bits per heavy atom. The van der Waals surface area contributed by atoms with Crippen molar-refractivity contribution in [2.75, 3.05) is 45.8 Å². The first kappa shape index (κ1) is 15.3. The molecule has 1 saturated heterocycles. The molecule has 1 aliphatic carbocycles. The molecule has 1 aliphatic heterocycles. The van der Waals surface area contributed by atoms with Gasteiger partial charge in [0.1, 0.15) is 0 Å². The van der Waals surface area contributed by atoms with Gasteiger partial charge in [-0.2, -0.15) is 0 Å².